The zero-order chi connectivity index (χ0) is 20.4. The molecule has 0 aliphatic rings. The molecule has 0 unspecified atom stereocenters. The molecule has 3 aromatic rings. The van der Waals surface area contributed by atoms with Gasteiger partial charge in [-0.3, -0.25) is 10.1 Å². The number of thiocarbonyl (C=S) groups is 1. The van der Waals surface area contributed by atoms with Crippen molar-refractivity contribution in [2.24, 2.45) is 0 Å². The SMILES string of the molecule is COc1c(F)c(F)c(C(=O)NC(=S)Nc2cccc3ccccc23)c(F)c1F. The number of carbonyl (C=O) groups is 1. The van der Waals surface area contributed by atoms with Gasteiger partial charge in [0.05, 0.1) is 7.11 Å². The van der Waals surface area contributed by atoms with Crippen molar-refractivity contribution >= 4 is 39.7 Å². The molecule has 0 radical (unpaired) electrons. The van der Waals surface area contributed by atoms with Crippen molar-refractivity contribution in [2.75, 3.05) is 12.4 Å². The molecule has 144 valence electrons. The Hall–Kier alpha value is -3.20. The van der Waals surface area contributed by atoms with Gasteiger partial charge in [-0.15, -0.1) is 0 Å². The highest BCUT2D eigenvalue weighted by Crippen LogP contribution is 2.29. The largest absolute Gasteiger partial charge is 0.491 e. The minimum Gasteiger partial charge on any atom is -0.491 e. The molecular formula is C19H12F4N2O2S. The summed E-state index contributed by atoms with van der Waals surface area (Å²) in [6.45, 7) is 0. The summed E-state index contributed by atoms with van der Waals surface area (Å²) in [7, 11) is 0.837. The van der Waals surface area contributed by atoms with Crippen molar-refractivity contribution in [1.29, 1.82) is 0 Å². The molecule has 0 aromatic heterocycles. The highest BCUT2D eigenvalue weighted by molar-refractivity contribution is 7.80. The van der Waals surface area contributed by atoms with E-state index in [9.17, 15) is 22.4 Å². The molecule has 0 bridgehead atoms. The molecule has 1 amide bonds. The number of ether oxygens (including phenoxy) is 1. The average Bonchev–Trinajstić information content (AvgIpc) is 2.67. The van der Waals surface area contributed by atoms with Gasteiger partial charge in [-0.1, -0.05) is 36.4 Å². The van der Waals surface area contributed by atoms with E-state index in [-0.39, 0.29) is 5.11 Å². The zero-order valence-corrected chi connectivity index (χ0v) is 15.1. The first-order valence-electron chi connectivity index (χ1n) is 7.85. The Balaban J connectivity index is 1.86. The van der Waals surface area contributed by atoms with Crippen LogP contribution in [-0.4, -0.2) is 18.1 Å². The van der Waals surface area contributed by atoms with E-state index >= 15 is 0 Å². The summed E-state index contributed by atoms with van der Waals surface area (Å²) in [5.41, 5.74) is -0.922. The number of carbonyl (C=O) groups excluding carboxylic acids is 1. The van der Waals surface area contributed by atoms with Gasteiger partial charge in [0, 0.05) is 11.1 Å². The quantitative estimate of drug-likeness (QED) is 0.380. The Morgan fingerprint density at radius 1 is 0.929 bits per heavy atom. The monoisotopic (exact) mass is 408 g/mol. The predicted octanol–water partition coefficient (Wildman–Crippen LogP) is 4.53. The van der Waals surface area contributed by atoms with Gasteiger partial charge in [-0.2, -0.15) is 8.78 Å². The number of anilines is 1. The highest BCUT2D eigenvalue weighted by atomic mass is 32.1. The topological polar surface area (TPSA) is 50.4 Å². The zero-order valence-electron chi connectivity index (χ0n) is 14.3. The summed E-state index contributed by atoms with van der Waals surface area (Å²) in [6.07, 6.45) is 0. The van der Waals surface area contributed by atoms with Crippen LogP contribution in [0.4, 0.5) is 23.2 Å². The van der Waals surface area contributed by atoms with Crippen molar-refractivity contribution < 1.29 is 27.1 Å². The minimum absolute atomic E-state index is 0.309. The van der Waals surface area contributed by atoms with E-state index in [1.807, 2.05) is 23.5 Å². The first-order chi connectivity index (χ1) is 13.3. The molecule has 3 rings (SSSR count). The van der Waals surface area contributed by atoms with Crippen LogP contribution >= 0.6 is 12.2 Å². The molecule has 3 aromatic carbocycles. The first kappa shape index (κ1) is 19.6. The van der Waals surface area contributed by atoms with Crippen molar-refractivity contribution in [2.45, 2.75) is 0 Å². The van der Waals surface area contributed by atoms with Gasteiger partial charge in [-0.05, 0) is 23.7 Å². The number of methoxy groups -OCH3 is 1. The van der Waals surface area contributed by atoms with Crippen molar-refractivity contribution in [3.63, 3.8) is 0 Å². The molecule has 9 heteroatoms. The Labute approximate surface area is 162 Å². The average molecular weight is 408 g/mol. The molecule has 0 aliphatic carbocycles. The van der Waals surface area contributed by atoms with E-state index in [0.29, 0.717) is 5.69 Å². The fourth-order valence-corrected chi connectivity index (χ4v) is 2.85. The van der Waals surface area contributed by atoms with Crippen LogP contribution in [0.3, 0.4) is 0 Å². The van der Waals surface area contributed by atoms with E-state index < -0.39 is 40.5 Å². The number of halogens is 4. The standard InChI is InChI=1S/C19H12F4N2O2S/c1-27-17-15(22)13(20)12(14(21)16(17)23)18(26)25-19(28)24-11-8-4-6-9-5-2-3-7-10(9)11/h2-8H,1H3,(H2,24,25,26,28). The van der Waals surface area contributed by atoms with Crippen LogP contribution < -0.4 is 15.4 Å². The van der Waals surface area contributed by atoms with E-state index in [1.54, 1.807) is 24.3 Å². The molecular weight excluding hydrogens is 396 g/mol. The molecule has 4 nitrogen and oxygen atoms in total. The lowest BCUT2D eigenvalue weighted by molar-refractivity contribution is 0.0966. The summed E-state index contributed by atoms with van der Waals surface area (Å²) >= 11 is 4.98. The Bertz CT molecular complexity index is 1070. The number of nitrogens with one attached hydrogen (secondary N) is 2. The van der Waals surface area contributed by atoms with Crippen LogP contribution in [0.2, 0.25) is 0 Å². The van der Waals surface area contributed by atoms with Crippen LogP contribution in [0.5, 0.6) is 5.75 Å². The Morgan fingerprint density at radius 2 is 1.54 bits per heavy atom. The minimum atomic E-state index is -1.89. The number of hydrogen-bond donors (Lipinski definition) is 2. The fraction of sp³-hybridized carbons (Fsp3) is 0.0526. The fourth-order valence-electron chi connectivity index (χ4n) is 2.64. The van der Waals surface area contributed by atoms with Gasteiger partial charge >= 0.3 is 0 Å². The van der Waals surface area contributed by atoms with Crippen LogP contribution in [0.15, 0.2) is 42.5 Å². The van der Waals surface area contributed by atoms with E-state index in [1.165, 1.54) is 0 Å². The number of benzene rings is 3. The van der Waals surface area contributed by atoms with Gasteiger partial charge < -0.3 is 10.1 Å². The molecule has 0 heterocycles. The summed E-state index contributed by atoms with van der Waals surface area (Å²) in [5, 5.41) is 6.09. The second kappa shape index (κ2) is 7.81. The van der Waals surface area contributed by atoms with E-state index in [4.69, 9.17) is 12.2 Å². The lowest BCUT2D eigenvalue weighted by Gasteiger charge is -2.14. The second-order valence-electron chi connectivity index (χ2n) is 5.60. The van der Waals surface area contributed by atoms with Crippen molar-refractivity contribution in [3.8, 4) is 5.75 Å². The van der Waals surface area contributed by atoms with Crippen LogP contribution in [0, 0.1) is 23.3 Å². The third kappa shape index (κ3) is 3.48. The third-order valence-electron chi connectivity index (χ3n) is 3.92. The smallest absolute Gasteiger partial charge is 0.263 e. The molecule has 0 saturated carbocycles. The maximum atomic E-state index is 14.0. The van der Waals surface area contributed by atoms with Gasteiger partial charge in [-0.25, -0.2) is 8.78 Å². The molecule has 0 fully saturated rings. The number of fused-ring (bicyclic) bond motifs is 1. The van der Waals surface area contributed by atoms with E-state index in [2.05, 4.69) is 10.1 Å². The van der Waals surface area contributed by atoms with Crippen LogP contribution in [0.1, 0.15) is 10.4 Å². The molecule has 28 heavy (non-hydrogen) atoms. The Kier molecular flexibility index (Phi) is 5.46. The third-order valence-corrected chi connectivity index (χ3v) is 4.12. The van der Waals surface area contributed by atoms with Crippen LogP contribution in [-0.2, 0) is 0 Å². The molecule has 0 spiro atoms. The second-order valence-corrected chi connectivity index (χ2v) is 6.01. The lowest BCUT2D eigenvalue weighted by atomic mass is 10.1. The van der Waals surface area contributed by atoms with Crippen LogP contribution in [0.25, 0.3) is 10.8 Å². The van der Waals surface area contributed by atoms with Gasteiger partial charge in [0.1, 0.15) is 5.56 Å². The molecule has 2 N–H and O–H groups in total. The number of amides is 1. The summed E-state index contributed by atoms with van der Waals surface area (Å²) in [4.78, 5) is 12.2. The lowest BCUT2D eigenvalue weighted by Crippen LogP contribution is -2.35. The van der Waals surface area contributed by atoms with Gasteiger partial charge in [0.25, 0.3) is 5.91 Å². The summed E-state index contributed by atoms with van der Waals surface area (Å²) in [5.74, 6) is -10.1. The van der Waals surface area contributed by atoms with Crippen molar-refractivity contribution in [1.82, 2.24) is 5.32 Å². The van der Waals surface area contributed by atoms with Crippen molar-refractivity contribution in [3.05, 3.63) is 71.3 Å². The predicted molar refractivity (Wildman–Crippen MR) is 100 cm³/mol. The number of hydrogen-bond acceptors (Lipinski definition) is 3. The van der Waals surface area contributed by atoms with Gasteiger partial charge in [0.2, 0.25) is 11.6 Å². The molecule has 0 saturated heterocycles. The highest BCUT2D eigenvalue weighted by Gasteiger charge is 2.30. The molecule has 0 aliphatic heterocycles. The molecule has 0 atom stereocenters. The first-order valence-corrected chi connectivity index (χ1v) is 8.26. The normalized spacial score (nSPS) is 10.6. The van der Waals surface area contributed by atoms with E-state index in [0.717, 1.165) is 17.9 Å². The number of rotatable bonds is 3. The maximum absolute atomic E-state index is 14.0. The summed E-state index contributed by atoms with van der Waals surface area (Å²) < 4.78 is 59.9. The maximum Gasteiger partial charge on any atom is 0.263 e. The Morgan fingerprint density at radius 3 is 2.18 bits per heavy atom. The summed E-state index contributed by atoms with van der Waals surface area (Å²) in [6, 6.07) is 12.6. The van der Waals surface area contributed by atoms with Gasteiger partial charge in [0.15, 0.2) is 22.5 Å².